The van der Waals surface area contributed by atoms with Gasteiger partial charge in [-0.2, -0.15) is 0 Å². The summed E-state index contributed by atoms with van der Waals surface area (Å²) in [7, 11) is 0. The van der Waals surface area contributed by atoms with Gasteiger partial charge in [0.1, 0.15) is 0 Å². The first-order valence-corrected chi connectivity index (χ1v) is 5.64. The van der Waals surface area contributed by atoms with Crippen LogP contribution in [0, 0.1) is 0 Å². The fourth-order valence-corrected chi connectivity index (χ4v) is 1.51. The van der Waals surface area contributed by atoms with E-state index in [9.17, 15) is 4.79 Å². The highest BCUT2D eigenvalue weighted by atomic mass is 16.5. The molecule has 0 saturated carbocycles. The summed E-state index contributed by atoms with van der Waals surface area (Å²) in [5, 5.41) is 0. The minimum atomic E-state index is -0.194. The summed E-state index contributed by atoms with van der Waals surface area (Å²) in [5.74, 6) is -0.194. The molecule has 0 aliphatic rings. The Kier molecular flexibility index (Phi) is 5.34. The van der Waals surface area contributed by atoms with E-state index in [4.69, 9.17) is 4.74 Å². The van der Waals surface area contributed by atoms with Gasteiger partial charge in [-0.3, -0.25) is 0 Å². The smallest absolute Gasteiger partial charge is 0.333 e. The molecule has 2 heteroatoms. The number of aryl methyl sites for hydroxylation is 1. The molecule has 0 radical (unpaired) electrons. The first-order valence-electron chi connectivity index (χ1n) is 5.64. The number of allylic oxidation sites excluding steroid dienone is 1. The second-order valence-electron chi connectivity index (χ2n) is 3.52. The topological polar surface area (TPSA) is 26.3 Å². The Morgan fingerprint density at radius 2 is 2.00 bits per heavy atom. The molecule has 0 N–H and O–H groups in total. The molecule has 0 amide bonds. The van der Waals surface area contributed by atoms with E-state index in [2.05, 4.69) is 12.1 Å². The largest absolute Gasteiger partial charge is 0.463 e. The van der Waals surface area contributed by atoms with E-state index in [0.717, 1.165) is 18.4 Å². The minimum Gasteiger partial charge on any atom is -0.463 e. The highest BCUT2D eigenvalue weighted by Gasteiger charge is 2.08. The van der Waals surface area contributed by atoms with E-state index in [-0.39, 0.29) is 5.97 Å². The van der Waals surface area contributed by atoms with E-state index < -0.39 is 0 Å². The molecule has 86 valence electrons. The number of ether oxygens (including phenoxy) is 1. The van der Waals surface area contributed by atoms with Gasteiger partial charge in [0.15, 0.2) is 0 Å². The molecule has 0 bridgehead atoms. The Hall–Kier alpha value is -1.57. The molecule has 1 aromatic rings. The highest BCUT2D eigenvalue weighted by Crippen LogP contribution is 2.10. The zero-order chi connectivity index (χ0) is 11.8. The molecule has 0 spiro atoms. The number of rotatable bonds is 5. The second kappa shape index (κ2) is 6.83. The average molecular weight is 218 g/mol. The summed E-state index contributed by atoms with van der Waals surface area (Å²) in [4.78, 5) is 11.5. The summed E-state index contributed by atoms with van der Waals surface area (Å²) in [6, 6.07) is 10.1. The van der Waals surface area contributed by atoms with Crippen LogP contribution >= 0.6 is 0 Å². The maximum absolute atomic E-state index is 11.5. The lowest BCUT2D eigenvalue weighted by Gasteiger charge is -2.06. The molecule has 0 heterocycles. The van der Waals surface area contributed by atoms with E-state index in [0.29, 0.717) is 6.61 Å². The molecule has 1 rings (SSSR count). The summed E-state index contributed by atoms with van der Waals surface area (Å²) in [6.07, 6.45) is 3.44. The lowest BCUT2D eigenvalue weighted by molar-refractivity contribution is -0.138. The predicted molar refractivity (Wildman–Crippen MR) is 65.2 cm³/mol. The maximum atomic E-state index is 11.5. The van der Waals surface area contributed by atoms with Gasteiger partial charge in [-0.05, 0) is 32.3 Å². The summed E-state index contributed by atoms with van der Waals surface area (Å²) in [6.45, 7) is 4.13. The van der Waals surface area contributed by atoms with Crippen molar-refractivity contribution in [3.05, 3.63) is 47.5 Å². The van der Waals surface area contributed by atoms with Crippen LogP contribution in [0.2, 0.25) is 0 Å². The summed E-state index contributed by atoms with van der Waals surface area (Å²) >= 11 is 0. The number of carbonyl (C=O) groups excluding carboxylic acids is 1. The van der Waals surface area contributed by atoms with Crippen LogP contribution < -0.4 is 0 Å². The Morgan fingerprint density at radius 1 is 1.31 bits per heavy atom. The molecule has 0 fully saturated rings. The summed E-state index contributed by atoms with van der Waals surface area (Å²) in [5.41, 5.74) is 2.00. The van der Waals surface area contributed by atoms with E-state index in [1.165, 1.54) is 5.56 Å². The summed E-state index contributed by atoms with van der Waals surface area (Å²) < 4.78 is 4.98. The van der Waals surface area contributed by atoms with E-state index in [1.807, 2.05) is 38.1 Å². The first kappa shape index (κ1) is 12.5. The van der Waals surface area contributed by atoms with Crippen molar-refractivity contribution in [2.45, 2.75) is 26.7 Å². The zero-order valence-corrected chi connectivity index (χ0v) is 9.90. The van der Waals surface area contributed by atoms with Crippen LogP contribution in [-0.4, -0.2) is 12.6 Å². The quantitative estimate of drug-likeness (QED) is 0.560. The van der Waals surface area contributed by atoms with Crippen molar-refractivity contribution in [3.63, 3.8) is 0 Å². The van der Waals surface area contributed by atoms with Crippen molar-refractivity contribution in [1.82, 2.24) is 0 Å². The molecule has 0 atom stereocenters. The number of hydrogen-bond donors (Lipinski definition) is 0. The van der Waals surface area contributed by atoms with Crippen molar-refractivity contribution in [1.29, 1.82) is 0 Å². The van der Waals surface area contributed by atoms with Crippen molar-refractivity contribution < 1.29 is 9.53 Å². The van der Waals surface area contributed by atoms with Gasteiger partial charge >= 0.3 is 5.97 Å². The predicted octanol–water partition coefficient (Wildman–Crippen LogP) is 3.13. The van der Waals surface area contributed by atoms with Gasteiger partial charge in [0.25, 0.3) is 0 Å². The van der Waals surface area contributed by atoms with Gasteiger partial charge in [0.05, 0.1) is 6.61 Å². The van der Waals surface area contributed by atoms with Gasteiger partial charge in [-0.15, -0.1) is 0 Å². The molecule has 0 aliphatic carbocycles. The third-order valence-electron chi connectivity index (χ3n) is 2.41. The Labute approximate surface area is 96.9 Å². The molecule has 0 aromatic heterocycles. The van der Waals surface area contributed by atoms with Crippen molar-refractivity contribution in [2.24, 2.45) is 0 Å². The lowest BCUT2D eigenvalue weighted by atomic mass is 10.0. The standard InChI is InChI=1S/C14H18O2/c1-3-13(14(15)16-4-2)11-10-12-8-6-5-7-9-12/h3,5-9H,4,10-11H2,1-2H3. The lowest BCUT2D eigenvalue weighted by Crippen LogP contribution is -2.08. The van der Waals surface area contributed by atoms with Gasteiger partial charge in [-0.1, -0.05) is 36.4 Å². The molecule has 0 unspecified atom stereocenters. The fraction of sp³-hybridized carbons (Fsp3) is 0.357. The fourth-order valence-electron chi connectivity index (χ4n) is 1.51. The number of benzene rings is 1. The molecule has 0 saturated heterocycles. The van der Waals surface area contributed by atoms with Crippen molar-refractivity contribution in [3.8, 4) is 0 Å². The van der Waals surface area contributed by atoms with Gasteiger partial charge in [-0.25, -0.2) is 4.79 Å². The molecular weight excluding hydrogens is 200 g/mol. The average Bonchev–Trinajstić information content (AvgIpc) is 2.31. The Bertz CT molecular complexity index is 352. The third-order valence-corrected chi connectivity index (χ3v) is 2.41. The van der Waals surface area contributed by atoms with Gasteiger partial charge < -0.3 is 4.74 Å². The molecular formula is C14H18O2. The van der Waals surface area contributed by atoms with Crippen LogP contribution in [0.4, 0.5) is 0 Å². The number of esters is 1. The van der Waals surface area contributed by atoms with Crippen LogP contribution in [0.1, 0.15) is 25.8 Å². The number of carbonyl (C=O) groups is 1. The normalized spacial score (nSPS) is 11.2. The van der Waals surface area contributed by atoms with Crippen molar-refractivity contribution in [2.75, 3.05) is 6.61 Å². The molecule has 1 aromatic carbocycles. The molecule has 16 heavy (non-hydrogen) atoms. The van der Waals surface area contributed by atoms with E-state index >= 15 is 0 Å². The van der Waals surface area contributed by atoms with Crippen LogP contribution in [0.25, 0.3) is 0 Å². The maximum Gasteiger partial charge on any atom is 0.333 e. The SMILES string of the molecule is CC=C(CCc1ccccc1)C(=O)OCC. The molecule has 0 aliphatic heterocycles. The van der Waals surface area contributed by atoms with Gasteiger partial charge in [0, 0.05) is 5.57 Å². The van der Waals surface area contributed by atoms with Crippen LogP contribution in [0.5, 0.6) is 0 Å². The minimum absolute atomic E-state index is 0.194. The monoisotopic (exact) mass is 218 g/mol. The Morgan fingerprint density at radius 3 is 2.56 bits per heavy atom. The van der Waals surface area contributed by atoms with Crippen LogP contribution in [-0.2, 0) is 16.0 Å². The third kappa shape index (κ3) is 3.89. The first-order chi connectivity index (χ1) is 7.77. The highest BCUT2D eigenvalue weighted by molar-refractivity contribution is 5.88. The van der Waals surface area contributed by atoms with Crippen molar-refractivity contribution >= 4 is 5.97 Å². The van der Waals surface area contributed by atoms with E-state index in [1.54, 1.807) is 0 Å². The second-order valence-corrected chi connectivity index (χ2v) is 3.52. The van der Waals surface area contributed by atoms with Crippen LogP contribution in [0.15, 0.2) is 42.0 Å². The zero-order valence-electron chi connectivity index (χ0n) is 9.90. The molecule has 2 nitrogen and oxygen atoms in total. The number of hydrogen-bond acceptors (Lipinski definition) is 2. The van der Waals surface area contributed by atoms with Gasteiger partial charge in [0.2, 0.25) is 0 Å². The van der Waals surface area contributed by atoms with Crippen LogP contribution in [0.3, 0.4) is 0 Å². The Balaban J connectivity index is 2.50.